The molecule has 3 rings (SSSR count). The lowest BCUT2D eigenvalue weighted by Gasteiger charge is -2.21. The van der Waals surface area contributed by atoms with Crippen LogP contribution in [0, 0.1) is 0 Å². The zero-order valence-electron chi connectivity index (χ0n) is 12.6. The second-order valence-corrected chi connectivity index (χ2v) is 6.36. The topological polar surface area (TPSA) is 67.8 Å². The van der Waals surface area contributed by atoms with E-state index < -0.39 is 5.60 Å². The predicted octanol–water partition coefficient (Wildman–Crippen LogP) is 2.51. The molecule has 0 radical (unpaired) electrons. The lowest BCUT2D eigenvalue weighted by Crippen LogP contribution is -2.37. The Morgan fingerprint density at radius 3 is 3.00 bits per heavy atom. The van der Waals surface area contributed by atoms with Crippen molar-refractivity contribution in [2.75, 3.05) is 13.3 Å². The summed E-state index contributed by atoms with van der Waals surface area (Å²) >= 11 is 1.46. The lowest BCUT2D eigenvalue weighted by atomic mass is 10.1. The van der Waals surface area contributed by atoms with E-state index in [9.17, 15) is 9.90 Å². The summed E-state index contributed by atoms with van der Waals surface area (Å²) in [5.74, 6) is 1.12. The normalized spacial score (nSPS) is 15.6. The van der Waals surface area contributed by atoms with Crippen LogP contribution in [-0.4, -0.2) is 24.4 Å². The Hall–Kier alpha value is -2.31. The van der Waals surface area contributed by atoms with Crippen LogP contribution in [0.4, 0.5) is 0 Å². The first-order chi connectivity index (χ1) is 11.0. The Morgan fingerprint density at radius 2 is 2.22 bits per heavy atom. The highest BCUT2D eigenvalue weighted by Crippen LogP contribution is 2.32. The minimum Gasteiger partial charge on any atom is -0.454 e. The van der Waals surface area contributed by atoms with Gasteiger partial charge in [0, 0.05) is 11.0 Å². The van der Waals surface area contributed by atoms with E-state index in [0.717, 1.165) is 10.4 Å². The number of ether oxygens (including phenoxy) is 2. The molecule has 0 aliphatic carbocycles. The molecule has 120 valence electrons. The van der Waals surface area contributed by atoms with Crippen molar-refractivity contribution >= 4 is 23.3 Å². The molecule has 5 nitrogen and oxygen atoms in total. The molecule has 0 saturated heterocycles. The van der Waals surface area contributed by atoms with Gasteiger partial charge in [-0.1, -0.05) is 12.1 Å². The lowest BCUT2D eigenvalue weighted by molar-refractivity contribution is -0.117. The van der Waals surface area contributed by atoms with Gasteiger partial charge in [-0.3, -0.25) is 4.79 Å². The summed E-state index contributed by atoms with van der Waals surface area (Å²) in [6, 6.07) is 9.18. The van der Waals surface area contributed by atoms with Gasteiger partial charge in [0.05, 0.1) is 6.54 Å². The molecule has 2 heterocycles. The maximum absolute atomic E-state index is 11.9. The second-order valence-electron chi connectivity index (χ2n) is 5.41. The Labute approximate surface area is 138 Å². The maximum atomic E-state index is 11.9. The summed E-state index contributed by atoms with van der Waals surface area (Å²) in [6.45, 7) is 2.05. The van der Waals surface area contributed by atoms with Gasteiger partial charge in [0.15, 0.2) is 11.5 Å². The largest absolute Gasteiger partial charge is 0.454 e. The van der Waals surface area contributed by atoms with E-state index in [1.165, 1.54) is 17.4 Å². The molecule has 1 aromatic heterocycles. The fourth-order valence-electron chi connectivity index (χ4n) is 2.18. The molecule has 1 aliphatic heterocycles. The number of benzene rings is 1. The Kier molecular flexibility index (Phi) is 4.36. The third kappa shape index (κ3) is 3.72. The fraction of sp³-hybridized carbons (Fsp3) is 0.235. The first-order valence-corrected chi connectivity index (χ1v) is 8.04. The van der Waals surface area contributed by atoms with Gasteiger partial charge in [-0.15, -0.1) is 11.3 Å². The average Bonchev–Trinajstić information content (AvgIpc) is 3.21. The monoisotopic (exact) mass is 331 g/mol. The van der Waals surface area contributed by atoms with E-state index in [0.29, 0.717) is 11.5 Å². The molecule has 0 spiro atoms. The van der Waals surface area contributed by atoms with Gasteiger partial charge in [0.1, 0.15) is 5.60 Å². The van der Waals surface area contributed by atoms with Crippen LogP contribution in [0.25, 0.3) is 6.08 Å². The van der Waals surface area contributed by atoms with E-state index in [-0.39, 0.29) is 19.2 Å². The van der Waals surface area contributed by atoms with Crippen LogP contribution in [0.1, 0.15) is 17.4 Å². The first-order valence-electron chi connectivity index (χ1n) is 7.16. The van der Waals surface area contributed by atoms with Crippen molar-refractivity contribution in [3.05, 3.63) is 52.2 Å². The summed E-state index contributed by atoms with van der Waals surface area (Å²) in [5, 5.41) is 15.0. The second kappa shape index (κ2) is 6.44. The number of carbonyl (C=O) groups is 1. The van der Waals surface area contributed by atoms with Crippen LogP contribution in [0.15, 0.2) is 41.8 Å². The summed E-state index contributed by atoms with van der Waals surface area (Å²) in [5.41, 5.74) is -0.231. The highest BCUT2D eigenvalue weighted by Gasteiger charge is 2.24. The smallest absolute Gasteiger partial charge is 0.244 e. The summed E-state index contributed by atoms with van der Waals surface area (Å²) < 4.78 is 10.5. The van der Waals surface area contributed by atoms with Gasteiger partial charge in [0.25, 0.3) is 0 Å². The van der Waals surface area contributed by atoms with Crippen molar-refractivity contribution in [2.45, 2.75) is 12.5 Å². The average molecular weight is 331 g/mol. The number of rotatable bonds is 5. The Morgan fingerprint density at radius 1 is 1.39 bits per heavy atom. The highest BCUT2D eigenvalue weighted by molar-refractivity contribution is 7.10. The molecule has 0 bridgehead atoms. The maximum Gasteiger partial charge on any atom is 0.244 e. The number of fused-ring (bicyclic) bond motifs is 1. The highest BCUT2D eigenvalue weighted by atomic mass is 32.1. The summed E-state index contributed by atoms with van der Waals surface area (Å²) in [4.78, 5) is 12.7. The van der Waals surface area contributed by atoms with Gasteiger partial charge < -0.3 is 19.9 Å². The van der Waals surface area contributed by atoms with Gasteiger partial charge in [-0.2, -0.15) is 0 Å². The van der Waals surface area contributed by atoms with Crippen molar-refractivity contribution in [3.63, 3.8) is 0 Å². The SMILES string of the molecule is C[C@@](O)(CNC(=O)/C=C/c1ccc2c(c1)OCO2)c1cccs1. The standard InChI is InChI=1S/C17H17NO4S/c1-17(20,15-3-2-8-23-15)10-18-16(19)7-5-12-4-6-13-14(9-12)22-11-21-13/h2-9,20H,10-11H2,1H3,(H,18,19)/b7-5+/t17-/m1/s1. The van der Waals surface area contributed by atoms with E-state index in [1.807, 2.05) is 35.7 Å². The zero-order chi connectivity index (χ0) is 16.3. The van der Waals surface area contributed by atoms with E-state index in [1.54, 1.807) is 13.0 Å². The molecule has 1 atom stereocenters. The van der Waals surface area contributed by atoms with E-state index >= 15 is 0 Å². The van der Waals surface area contributed by atoms with E-state index in [4.69, 9.17) is 9.47 Å². The van der Waals surface area contributed by atoms with Crippen molar-refractivity contribution in [2.24, 2.45) is 0 Å². The first kappa shape index (κ1) is 15.6. The van der Waals surface area contributed by atoms with E-state index in [2.05, 4.69) is 5.32 Å². The van der Waals surface area contributed by atoms with Crippen molar-refractivity contribution in [3.8, 4) is 11.5 Å². The number of nitrogens with one attached hydrogen (secondary N) is 1. The number of aliphatic hydroxyl groups is 1. The van der Waals surface area contributed by atoms with Crippen LogP contribution < -0.4 is 14.8 Å². The van der Waals surface area contributed by atoms with Crippen LogP contribution in [0.5, 0.6) is 11.5 Å². The molecule has 0 saturated carbocycles. The number of thiophene rings is 1. The zero-order valence-corrected chi connectivity index (χ0v) is 13.4. The Bertz CT molecular complexity index is 722. The third-order valence-corrected chi connectivity index (χ3v) is 4.61. The molecule has 1 aliphatic rings. The molecule has 1 amide bonds. The third-order valence-electron chi connectivity index (χ3n) is 3.48. The molecule has 0 unspecified atom stereocenters. The molecule has 0 fully saturated rings. The summed E-state index contributed by atoms with van der Waals surface area (Å²) in [7, 11) is 0. The molecule has 2 N–H and O–H groups in total. The van der Waals surface area contributed by atoms with Crippen molar-refractivity contribution < 1.29 is 19.4 Å². The van der Waals surface area contributed by atoms with Gasteiger partial charge in [-0.05, 0) is 42.1 Å². The minimum absolute atomic E-state index is 0.151. The van der Waals surface area contributed by atoms with Crippen molar-refractivity contribution in [1.82, 2.24) is 5.32 Å². The predicted molar refractivity (Wildman–Crippen MR) is 88.5 cm³/mol. The van der Waals surface area contributed by atoms with Crippen molar-refractivity contribution in [1.29, 1.82) is 0 Å². The molecule has 1 aromatic carbocycles. The van der Waals surface area contributed by atoms with Gasteiger partial charge in [0.2, 0.25) is 12.7 Å². The number of hydrogen-bond acceptors (Lipinski definition) is 5. The van der Waals surface area contributed by atoms with Crippen LogP contribution in [-0.2, 0) is 10.4 Å². The number of hydrogen-bond donors (Lipinski definition) is 2. The minimum atomic E-state index is -1.07. The molecular formula is C17H17NO4S. The van der Waals surface area contributed by atoms with Gasteiger partial charge >= 0.3 is 0 Å². The fourth-order valence-corrected chi connectivity index (χ4v) is 2.97. The quantitative estimate of drug-likeness (QED) is 0.826. The molecular weight excluding hydrogens is 314 g/mol. The molecule has 6 heteroatoms. The summed E-state index contributed by atoms with van der Waals surface area (Å²) in [6.07, 6.45) is 3.12. The molecule has 2 aromatic rings. The molecule has 23 heavy (non-hydrogen) atoms. The number of carbonyl (C=O) groups excluding carboxylic acids is 1. The number of amides is 1. The van der Waals surface area contributed by atoms with Crippen LogP contribution in [0.3, 0.4) is 0 Å². The van der Waals surface area contributed by atoms with Crippen LogP contribution >= 0.6 is 11.3 Å². The van der Waals surface area contributed by atoms with Gasteiger partial charge in [-0.25, -0.2) is 0 Å². The Balaban J connectivity index is 1.57. The van der Waals surface area contributed by atoms with Crippen LogP contribution in [0.2, 0.25) is 0 Å².